The molecule has 1 aliphatic rings. The summed E-state index contributed by atoms with van der Waals surface area (Å²) in [5.74, 6) is 1.28. The number of aromatic nitrogens is 2. The monoisotopic (exact) mass is 327 g/mol. The molecule has 1 aromatic heterocycles. The molecule has 6 heteroatoms. The molecule has 0 N–H and O–H groups in total. The zero-order valence-corrected chi connectivity index (χ0v) is 13.6. The maximum atomic E-state index is 12.2. The molecule has 2 aromatic rings. The molecule has 0 aliphatic carbocycles. The first kappa shape index (κ1) is 15.7. The van der Waals surface area contributed by atoms with Crippen molar-refractivity contribution >= 4 is 28.7 Å². The van der Waals surface area contributed by atoms with Gasteiger partial charge in [-0.2, -0.15) is 0 Å². The molecule has 0 bridgehead atoms. The highest BCUT2D eigenvalue weighted by Gasteiger charge is 2.32. The van der Waals surface area contributed by atoms with E-state index in [9.17, 15) is 9.59 Å². The maximum Gasteiger partial charge on any atom is 0.232 e. The number of rotatable bonds is 4. The summed E-state index contributed by atoms with van der Waals surface area (Å²) in [5.41, 5.74) is 1.79. The van der Waals surface area contributed by atoms with Gasteiger partial charge < -0.3 is 0 Å². The molecule has 5 nitrogen and oxygen atoms in total. The van der Waals surface area contributed by atoms with Gasteiger partial charge in [0.1, 0.15) is 0 Å². The first-order valence-corrected chi connectivity index (χ1v) is 8.44. The second-order valence-electron chi connectivity index (χ2n) is 5.48. The third kappa shape index (κ3) is 3.76. The van der Waals surface area contributed by atoms with Gasteiger partial charge in [-0.1, -0.05) is 42.1 Å². The van der Waals surface area contributed by atoms with Gasteiger partial charge in [0.05, 0.1) is 5.69 Å². The van der Waals surface area contributed by atoms with Gasteiger partial charge in [-0.25, -0.2) is 9.97 Å². The third-order valence-corrected chi connectivity index (χ3v) is 4.73. The number of carbonyl (C=O) groups is 2. The molecule has 1 atom stereocenters. The fourth-order valence-electron chi connectivity index (χ4n) is 2.57. The lowest BCUT2D eigenvalue weighted by Gasteiger charge is -2.15. The molecule has 118 valence electrons. The lowest BCUT2D eigenvalue weighted by atomic mass is 10.1. The van der Waals surface area contributed by atoms with Crippen molar-refractivity contribution in [3.05, 3.63) is 42.6 Å². The van der Waals surface area contributed by atoms with Crippen LogP contribution in [0.4, 0.5) is 5.95 Å². The highest BCUT2D eigenvalue weighted by molar-refractivity contribution is 8.13. The molecule has 0 radical (unpaired) electrons. The fourth-order valence-corrected chi connectivity index (χ4v) is 3.26. The summed E-state index contributed by atoms with van der Waals surface area (Å²) in [6, 6.07) is 11.6. The van der Waals surface area contributed by atoms with Gasteiger partial charge >= 0.3 is 0 Å². The predicted octanol–water partition coefficient (Wildman–Crippen LogP) is 2.78. The van der Waals surface area contributed by atoms with Crippen molar-refractivity contribution < 1.29 is 9.59 Å². The van der Waals surface area contributed by atoms with Crippen molar-refractivity contribution in [1.82, 2.24) is 9.97 Å². The summed E-state index contributed by atoms with van der Waals surface area (Å²) in [5, 5.41) is 0.0817. The molecular weight excluding hydrogens is 310 g/mol. The summed E-state index contributed by atoms with van der Waals surface area (Å²) < 4.78 is 0. The lowest BCUT2D eigenvalue weighted by molar-refractivity contribution is -0.117. The number of anilines is 1. The number of thioether (sulfide) groups is 1. The van der Waals surface area contributed by atoms with E-state index in [1.54, 1.807) is 18.0 Å². The van der Waals surface area contributed by atoms with Crippen LogP contribution in [0.2, 0.25) is 0 Å². The minimum absolute atomic E-state index is 0.0179. The van der Waals surface area contributed by atoms with Gasteiger partial charge in [0.15, 0.2) is 5.12 Å². The van der Waals surface area contributed by atoms with Crippen LogP contribution in [-0.4, -0.2) is 33.3 Å². The van der Waals surface area contributed by atoms with E-state index >= 15 is 0 Å². The van der Waals surface area contributed by atoms with Crippen molar-refractivity contribution in [2.24, 2.45) is 5.92 Å². The van der Waals surface area contributed by atoms with Crippen LogP contribution in [0.1, 0.15) is 13.3 Å². The molecule has 23 heavy (non-hydrogen) atoms. The predicted molar refractivity (Wildman–Crippen MR) is 91.1 cm³/mol. The highest BCUT2D eigenvalue weighted by Crippen LogP contribution is 2.26. The Hall–Kier alpha value is -2.21. The van der Waals surface area contributed by atoms with Crippen LogP contribution in [0, 0.1) is 5.92 Å². The normalized spacial score (nSPS) is 17.5. The molecule has 1 fully saturated rings. The van der Waals surface area contributed by atoms with E-state index in [0.717, 1.165) is 11.3 Å². The summed E-state index contributed by atoms with van der Waals surface area (Å²) in [6.07, 6.45) is 2.12. The number of nitrogens with zero attached hydrogens (tertiary/aromatic N) is 3. The number of carbonyl (C=O) groups excluding carboxylic acids is 2. The SMILES string of the molecule is CC(=O)SCC1CC(=O)N(c2nccc(-c3ccccc3)n2)C1. The maximum absolute atomic E-state index is 12.2. The lowest BCUT2D eigenvalue weighted by Crippen LogP contribution is -2.26. The second kappa shape index (κ2) is 6.91. The molecule has 3 rings (SSSR count). The van der Waals surface area contributed by atoms with Crippen molar-refractivity contribution in [2.45, 2.75) is 13.3 Å². The number of hydrogen-bond donors (Lipinski definition) is 0. The van der Waals surface area contributed by atoms with Crippen molar-refractivity contribution in [1.29, 1.82) is 0 Å². The topological polar surface area (TPSA) is 63.2 Å². The smallest absolute Gasteiger partial charge is 0.232 e. The Balaban J connectivity index is 1.77. The number of hydrogen-bond acceptors (Lipinski definition) is 5. The fraction of sp³-hybridized carbons (Fsp3) is 0.294. The van der Waals surface area contributed by atoms with E-state index < -0.39 is 0 Å². The summed E-state index contributed by atoms with van der Waals surface area (Å²) >= 11 is 1.27. The third-order valence-electron chi connectivity index (χ3n) is 3.68. The van der Waals surface area contributed by atoms with Gasteiger partial charge in [0.2, 0.25) is 11.9 Å². The molecule has 1 amide bonds. The molecule has 2 heterocycles. The average Bonchev–Trinajstić information content (AvgIpc) is 2.95. The van der Waals surface area contributed by atoms with Gasteiger partial charge in [-0.05, 0) is 12.0 Å². The summed E-state index contributed by atoms with van der Waals surface area (Å²) in [6.45, 7) is 2.11. The number of benzene rings is 1. The standard InChI is InChI=1S/C17H17N3O2S/c1-12(21)23-11-13-9-16(22)20(10-13)17-18-8-7-15(19-17)14-5-3-2-4-6-14/h2-8,13H,9-11H2,1H3. The average molecular weight is 327 g/mol. The summed E-state index contributed by atoms with van der Waals surface area (Å²) in [7, 11) is 0. The van der Waals surface area contributed by atoms with Crippen molar-refractivity contribution in [3.63, 3.8) is 0 Å². The Kier molecular flexibility index (Phi) is 4.71. The molecule has 0 saturated carbocycles. The number of amides is 1. The zero-order valence-electron chi connectivity index (χ0n) is 12.8. The van der Waals surface area contributed by atoms with E-state index in [1.165, 1.54) is 11.8 Å². The highest BCUT2D eigenvalue weighted by atomic mass is 32.2. The van der Waals surface area contributed by atoms with E-state index in [4.69, 9.17) is 0 Å². The Bertz CT molecular complexity index is 721. The van der Waals surface area contributed by atoms with Gasteiger partial charge in [0.25, 0.3) is 0 Å². The van der Waals surface area contributed by atoms with E-state index in [1.807, 2.05) is 36.4 Å². The molecule has 1 unspecified atom stereocenters. The summed E-state index contributed by atoms with van der Waals surface area (Å²) in [4.78, 5) is 33.7. The van der Waals surface area contributed by atoms with Crippen LogP contribution in [0.5, 0.6) is 0 Å². The molecule has 1 aliphatic heterocycles. The van der Waals surface area contributed by atoms with E-state index in [2.05, 4.69) is 9.97 Å². The quantitative estimate of drug-likeness (QED) is 0.864. The Morgan fingerprint density at radius 1 is 1.30 bits per heavy atom. The minimum Gasteiger partial charge on any atom is -0.288 e. The van der Waals surface area contributed by atoms with E-state index in [-0.39, 0.29) is 16.9 Å². The van der Waals surface area contributed by atoms with Crippen LogP contribution in [-0.2, 0) is 9.59 Å². The van der Waals surface area contributed by atoms with E-state index in [0.29, 0.717) is 24.7 Å². The van der Waals surface area contributed by atoms with Crippen LogP contribution < -0.4 is 4.90 Å². The van der Waals surface area contributed by atoms with Gasteiger partial charge in [-0.15, -0.1) is 0 Å². The first-order valence-electron chi connectivity index (χ1n) is 7.45. The second-order valence-corrected chi connectivity index (χ2v) is 6.68. The van der Waals surface area contributed by atoms with Crippen LogP contribution in [0.15, 0.2) is 42.6 Å². The first-order chi connectivity index (χ1) is 11.1. The molecule has 1 aromatic carbocycles. The largest absolute Gasteiger partial charge is 0.288 e. The van der Waals surface area contributed by atoms with Crippen LogP contribution in [0.3, 0.4) is 0 Å². The van der Waals surface area contributed by atoms with Gasteiger partial charge in [-0.3, -0.25) is 14.5 Å². The van der Waals surface area contributed by atoms with Crippen molar-refractivity contribution in [3.8, 4) is 11.3 Å². The van der Waals surface area contributed by atoms with Gasteiger partial charge in [0, 0.05) is 37.4 Å². The Morgan fingerprint density at radius 2 is 2.09 bits per heavy atom. The van der Waals surface area contributed by atoms with Crippen LogP contribution in [0.25, 0.3) is 11.3 Å². The van der Waals surface area contributed by atoms with Crippen LogP contribution >= 0.6 is 11.8 Å². The molecular formula is C17H17N3O2S. The molecule has 0 spiro atoms. The Morgan fingerprint density at radius 3 is 2.83 bits per heavy atom. The van der Waals surface area contributed by atoms with Crippen molar-refractivity contribution in [2.75, 3.05) is 17.2 Å². The minimum atomic E-state index is 0.0179. The Labute approximate surface area is 139 Å². The molecule has 1 saturated heterocycles. The zero-order chi connectivity index (χ0) is 16.2.